The van der Waals surface area contributed by atoms with E-state index in [1.54, 1.807) is 0 Å². The van der Waals surface area contributed by atoms with Gasteiger partial charge in [0.1, 0.15) is 0 Å². The molecule has 0 saturated carbocycles. The van der Waals surface area contributed by atoms with E-state index >= 15 is 0 Å². The molecule has 2 heterocycles. The lowest BCUT2D eigenvalue weighted by Crippen LogP contribution is -2.21. The van der Waals surface area contributed by atoms with Crippen LogP contribution < -0.4 is 4.90 Å². The maximum Gasteiger partial charge on any atom is 0.151 e. The van der Waals surface area contributed by atoms with Crippen LogP contribution in [0.3, 0.4) is 0 Å². The van der Waals surface area contributed by atoms with E-state index in [9.17, 15) is 5.11 Å². The highest BCUT2D eigenvalue weighted by atomic mass is 16.3. The van der Waals surface area contributed by atoms with Gasteiger partial charge in [0, 0.05) is 31.2 Å². The Morgan fingerprint density at radius 1 is 1.20 bits per heavy atom. The van der Waals surface area contributed by atoms with Crippen LogP contribution in [0.15, 0.2) is 36.4 Å². The van der Waals surface area contributed by atoms with Crippen molar-refractivity contribution in [3.05, 3.63) is 42.0 Å². The summed E-state index contributed by atoms with van der Waals surface area (Å²) in [7, 11) is 0. The summed E-state index contributed by atoms with van der Waals surface area (Å²) in [6.45, 7) is 4.15. The predicted molar refractivity (Wildman–Crippen MR) is 79.6 cm³/mol. The van der Waals surface area contributed by atoms with Gasteiger partial charge in [0.25, 0.3) is 0 Å². The van der Waals surface area contributed by atoms with E-state index in [2.05, 4.69) is 34.2 Å². The van der Waals surface area contributed by atoms with E-state index in [1.807, 2.05) is 24.3 Å². The van der Waals surface area contributed by atoms with Crippen molar-refractivity contribution in [3.63, 3.8) is 0 Å². The van der Waals surface area contributed by atoms with Crippen LogP contribution in [0.25, 0.3) is 11.3 Å². The first-order valence-corrected chi connectivity index (χ1v) is 7.03. The minimum atomic E-state index is 0.255. The third-order valence-corrected chi connectivity index (χ3v) is 3.94. The summed E-state index contributed by atoms with van der Waals surface area (Å²) in [4.78, 5) is 2.19. The van der Waals surface area contributed by atoms with Crippen LogP contribution in [0.1, 0.15) is 12.0 Å². The first-order chi connectivity index (χ1) is 9.78. The van der Waals surface area contributed by atoms with Crippen LogP contribution in [0.5, 0.6) is 0 Å². The summed E-state index contributed by atoms with van der Waals surface area (Å²) in [6, 6.07) is 12.2. The lowest BCUT2D eigenvalue weighted by Gasteiger charge is -2.16. The first kappa shape index (κ1) is 13.1. The van der Waals surface area contributed by atoms with Gasteiger partial charge in [0.05, 0.1) is 5.69 Å². The van der Waals surface area contributed by atoms with E-state index in [0.29, 0.717) is 5.92 Å². The monoisotopic (exact) mass is 269 g/mol. The smallest absolute Gasteiger partial charge is 0.151 e. The van der Waals surface area contributed by atoms with Crippen molar-refractivity contribution in [2.75, 3.05) is 24.6 Å². The number of hydrogen-bond donors (Lipinski definition) is 1. The van der Waals surface area contributed by atoms with Crippen molar-refractivity contribution in [1.29, 1.82) is 0 Å². The molecule has 0 radical (unpaired) electrons. The first-order valence-electron chi connectivity index (χ1n) is 7.03. The SMILES string of the molecule is Cc1ccccc1-c1ccc(N2CCC(CO)C2)nn1. The van der Waals surface area contributed by atoms with Gasteiger partial charge in [0.2, 0.25) is 0 Å². The predicted octanol–water partition coefficient (Wildman–Crippen LogP) is 2.27. The largest absolute Gasteiger partial charge is 0.396 e. The van der Waals surface area contributed by atoms with Crippen LogP contribution in [0.2, 0.25) is 0 Å². The minimum absolute atomic E-state index is 0.255. The molecule has 4 nitrogen and oxygen atoms in total. The van der Waals surface area contributed by atoms with Crippen molar-refractivity contribution < 1.29 is 5.11 Å². The molecule has 1 atom stereocenters. The molecule has 0 spiro atoms. The summed E-state index contributed by atoms with van der Waals surface area (Å²) < 4.78 is 0. The second-order valence-electron chi connectivity index (χ2n) is 5.37. The molecule has 104 valence electrons. The zero-order chi connectivity index (χ0) is 13.9. The number of anilines is 1. The molecule has 20 heavy (non-hydrogen) atoms. The Morgan fingerprint density at radius 3 is 2.70 bits per heavy atom. The molecule has 0 bridgehead atoms. The molecule has 1 fully saturated rings. The Morgan fingerprint density at radius 2 is 2.05 bits per heavy atom. The molecule has 1 aliphatic heterocycles. The zero-order valence-corrected chi connectivity index (χ0v) is 11.7. The Kier molecular flexibility index (Phi) is 3.65. The van der Waals surface area contributed by atoms with Gasteiger partial charge in [-0.25, -0.2) is 0 Å². The fourth-order valence-electron chi connectivity index (χ4n) is 2.69. The van der Waals surface area contributed by atoms with Gasteiger partial charge < -0.3 is 10.0 Å². The van der Waals surface area contributed by atoms with Crippen molar-refractivity contribution in [2.24, 2.45) is 5.92 Å². The number of aliphatic hydroxyl groups is 1. The third-order valence-electron chi connectivity index (χ3n) is 3.94. The molecule has 1 saturated heterocycles. The summed E-state index contributed by atoms with van der Waals surface area (Å²) in [5.41, 5.74) is 3.24. The molecular formula is C16H19N3O. The van der Waals surface area contributed by atoms with E-state index in [0.717, 1.165) is 36.6 Å². The van der Waals surface area contributed by atoms with Crippen molar-refractivity contribution >= 4 is 5.82 Å². The number of aromatic nitrogens is 2. The van der Waals surface area contributed by atoms with Crippen LogP contribution in [0.4, 0.5) is 5.82 Å². The number of hydrogen-bond acceptors (Lipinski definition) is 4. The summed E-state index contributed by atoms with van der Waals surface area (Å²) in [6.07, 6.45) is 1.03. The van der Waals surface area contributed by atoms with Crippen LogP contribution >= 0.6 is 0 Å². The number of aliphatic hydroxyl groups excluding tert-OH is 1. The molecule has 0 aliphatic carbocycles. The summed E-state index contributed by atoms with van der Waals surface area (Å²) in [5.74, 6) is 1.27. The highest BCUT2D eigenvalue weighted by molar-refractivity contribution is 5.63. The molecule has 1 aliphatic rings. The topological polar surface area (TPSA) is 49.2 Å². The maximum absolute atomic E-state index is 9.19. The Bertz CT molecular complexity index is 583. The van der Waals surface area contributed by atoms with Crippen LogP contribution in [-0.4, -0.2) is 35.0 Å². The molecule has 1 aromatic heterocycles. The van der Waals surface area contributed by atoms with E-state index in [-0.39, 0.29) is 6.61 Å². The number of benzene rings is 1. The second-order valence-corrected chi connectivity index (χ2v) is 5.37. The molecule has 1 aromatic carbocycles. The zero-order valence-electron chi connectivity index (χ0n) is 11.7. The summed E-state index contributed by atoms with van der Waals surface area (Å²) in [5, 5.41) is 17.9. The number of nitrogens with zero attached hydrogens (tertiary/aromatic N) is 3. The highest BCUT2D eigenvalue weighted by Crippen LogP contribution is 2.24. The lowest BCUT2D eigenvalue weighted by molar-refractivity contribution is 0.238. The summed E-state index contributed by atoms with van der Waals surface area (Å²) >= 11 is 0. The molecule has 3 rings (SSSR count). The average Bonchev–Trinajstić information content (AvgIpc) is 2.97. The minimum Gasteiger partial charge on any atom is -0.396 e. The molecule has 1 unspecified atom stereocenters. The van der Waals surface area contributed by atoms with Gasteiger partial charge in [-0.1, -0.05) is 24.3 Å². The standard InChI is InChI=1S/C16H19N3O/c1-12-4-2-3-5-14(12)15-6-7-16(18-17-15)19-9-8-13(10-19)11-20/h2-7,13,20H,8-11H2,1H3. The average molecular weight is 269 g/mol. The van der Waals surface area contributed by atoms with E-state index < -0.39 is 0 Å². The fraction of sp³-hybridized carbons (Fsp3) is 0.375. The highest BCUT2D eigenvalue weighted by Gasteiger charge is 2.22. The van der Waals surface area contributed by atoms with Gasteiger partial charge in [-0.15, -0.1) is 10.2 Å². The van der Waals surface area contributed by atoms with Gasteiger partial charge in [-0.3, -0.25) is 0 Å². The molecule has 4 heteroatoms. The maximum atomic E-state index is 9.19. The third kappa shape index (κ3) is 2.51. The number of aryl methyl sites for hydroxylation is 1. The fourth-order valence-corrected chi connectivity index (χ4v) is 2.69. The Hall–Kier alpha value is -1.94. The molecule has 0 amide bonds. The van der Waals surface area contributed by atoms with E-state index in [1.165, 1.54) is 5.56 Å². The quantitative estimate of drug-likeness (QED) is 0.928. The molecule has 2 aromatic rings. The van der Waals surface area contributed by atoms with Gasteiger partial charge >= 0.3 is 0 Å². The van der Waals surface area contributed by atoms with Crippen molar-refractivity contribution in [2.45, 2.75) is 13.3 Å². The Labute approximate surface area is 119 Å². The lowest BCUT2D eigenvalue weighted by atomic mass is 10.1. The van der Waals surface area contributed by atoms with Gasteiger partial charge in [-0.05, 0) is 31.0 Å². The second kappa shape index (κ2) is 5.59. The van der Waals surface area contributed by atoms with Crippen molar-refractivity contribution in [1.82, 2.24) is 10.2 Å². The van der Waals surface area contributed by atoms with E-state index in [4.69, 9.17) is 0 Å². The number of rotatable bonds is 3. The van der Waals surface area contributed by atoms with Crippen LogP contribution in [-0.2, 0) is 0 Å². The van der Waals surface area contributed by atoms with Crippen molar-refractivity contribution in [3.8, 4) is 11.3 Å². The van der Waals surface area contributed by atoms with Gasteiger partial charge in [-0.2, -0.15) is 0 Å². The molecule has 1 N–H and O–H groups in total. The van der Waals surface area contributed by atoms with Crippen LogP contribution in [0, 0.1) is 12.8 Å². The normalized spacial score (nSPS) is 18.5. The molecular weight excluding hydrogens is 250 g/mol. The Balaban J connectivity index is 1.80. The van der Waals surface area contributed by atoms with Gasteiger partial charge in [0.15, 0.2) is 5.82 Å².